The SMILES string of the molecule is COc1ccc(-n2nnnc2SC/C=C/c2ccccc2)cc1. The average molecular weight is 324 g/mol. The van der Waals surface area contributed by atoms with E-state index in [0.717, 1.165) is 22.3 Å². The molecule has 23 heavy (non-hydrogen) atoms. The summed E-state index contributed by atoms with van der Waals surface area (Å²) in [6, 6.07) is 17.8. The molecule has 0 aliphatic rings. The van der Waals surface area contributed by atoms with Crippen molar-refractivity contribution in [3.8, 4) is 11.4 Å². The Morgan fingerprint density at radius 1 is 1.09 bits per heavy atom. The molecule has 0 amide bonds. The van der Waals surface area contributed by atoms with Gasteiger partial charge in [-0.2, -0.15) is 4.68 Å². The molecule has 0 radical (unpaired) electrons. The molecule has 0 aliphatic heterocycles. The summed E-state index contributed by atoms with van der Waals surface area (Å²) in [5, 5.41) is 12.7. The molecule has 1 heterocycles. The number of nitrogens with zero attached hydrogens (tertiary/aromatic N) is 4. The third-order valence-corrected chi connectivity index (χ3v) is 4.05. The van der Waals surface area contributed by atoms with Crippen molar-refractivity contribution in [2.75, 3.05) is 12.9 Å². The molecule has 3 rings (SSSR count). The molecule has 1 aromatic heterocycles. The Kier molecular flexibility index (Phi) is 5.06. The zero-order chi connectivity index (χ0) is 15.9. The van der Waals surface area contributed by atoms with Crippen LogP contribution in [0.5, 0.6) is 5.75 Å². The first-order valence-electron chi connectivity index (χ1n) is 7.14. The highest BCUT2D eigenvalue weighted by molar-refractivity contribution is 7.99. The number of benzene rings is 2. The van der Waals surface area contributed by atoms with Gasteiger partial charge in [0, 0.05) is 5.75 Å². The third kappa shape index (κ3) is 3.98. The van der Waals surface area contributed by atoms with Crippen molar-refractivity contribution in [2.45, 2.75) is 5.16 Å². The number of methoxy groups -OCH3 is 1. The first-order chi connectivity index (χ1) is 11.4. The minimum Gasteiger partial charge on any atom is -0.497 e. The molecular formula is C17H16N4OS. The first kappa shape index (κ1) is 15.3. The maximum Gasteiger partial charge on any atom is 0.214 e. The standard InChI is InChI=1S/C17H16N4OS/c1-22-16-11-9-15(10-12-16)21-17(18-19-20-21)23-13-5-8-14-6-3-2-4-7-14/h2-12H,13H2,1H3/b8-5+. The van der Waals surface area contributed by atoms with E-state index in [0.29, 0.717) is 0 Å². The Bertz CT molecular complexity index is 769. The van der Waals surface area contributed by atoms with Crippen molar-refractivity contribution in [2.24, 2.45) is 0 Å². The molecule has 0 fully saturated rings. The van der Waals surface area contributed by atoms with Crippen LogP contribution in [0.2, 0.25) is 0 Å². The van der Waals surface area contributed by atoms with Crippen LogP contribution in [0.1, 0.15) is 5.56 Å². The Hall–Kier alpha value is -2.60. The molecule has 0 spiro atoms. The first-order valence-corrected chi connectivity index (χ1v) is 8.12. The Morgan fingerprint density at radius 2 is 1.87 bits per heavy atom. The van der Waals surface area contributed by atoms with Gasteiger partial charge in [-0.3, -0.25) is 0 Å². The van der Waals surface area contributed by atoms with Gasteiger partial charge in [0.2, 0.25) is 5.16 Å². The molecule has 5 nitrogen and oxygen atoms in total. The lowest BCUT2D eigenvalue weighted by Gasteiger charge is -2.04. The number of thioether (sulfide) groups is 1. The van der Waals surface area contributed by atoms with E-state index in [1.165, 1.54) is 5.56 Å². The lowest BCUT2D eigenvalue weighted by molar-refractivity contribution is 0.414. The molecule has 116 valence electrons. The number of hydrogen-bond donors (Lipinski definition) is 0. The molecule has 0 unspecified atom stereocenters. The highest BCUT2D eigenvalue weighted by Crippen LogP contribution is 2.20. The van der Waals surface area contributed by atoms with Crippen molar-refractivity contribution in [3.05, 3.63) is 66.2 Å². The van der Waals surface area contributed by atoms with Crippen LogP contribution >= 0.6 is 11.8 Å². The van der Waals surface area contributed by atoms with E-state index in [2.05, 4.69) is 39.8 Å². The zero-order valence-corrected chi connectivity index (χ0v) is 13.5. The van der Waals surface area contributed by atoms with Gasteiger partial charge in [0.25, 0.3) is 0 Å². The van der Waals surface area contributed by atoms with Crippen LogP contribution in [0, 0.1) is 0 Å². The quantitative estimate of drug-likeness (QED) is 0.650. The minimum atomic E-state index is 0.757. The third-order valence-electron chi connectivity index (χ3n) is 3.18. The molecule has 3 aromatic rings. The zero-order valence-electron chi connectivity index (χ0n) is 12.7. The normalized spacial score (nSPS) is 11.0. The van der Waals surface area contributed by atoms with E-state index in [1.807, 2.05) is 42.5 Å². The van der Waals surface area contributed by atoms with Crippen molar-refractivity contribution >= 4 is 17.8 Å². The summed E-state index contributed by atoms with van der Waals surface area (Å²) in [6.45, 7) is 0. The van der Waals surface area contributed by atoms with E-state index in [4.69, 9.17) is 4.74 Å². The second-order valence-electron chi connectivity index (χ2n) is 4.70. The average Bonchev–Trinajstić information content (AvgIpc) is 3.08. The lowest BCUT2D eigenvalue weighted by atomic mass is 10.2. The van der Waals surface area contributed by atoms with Crippen molar-refractivity contribution in [1.82, 2.24) is 20.2 Å². The second kappa shape index (κ2) is 7.60. The van der Waals surface area contributed by atoms with E-state index in [-0.39, 0.29) is 0 Å². The molecule has 0 N–H and O–H groups in total. The van der Waals surface area contributed by atoms with Gasteiger partial charge >= 0.3 is 0 Å². The van der Waals surface area contributed by atoms with Gasteiger partial charge in [-0.1, -0.05) is 54.2 Å². The topological polar surface area (TPSA) is 52.8 Å². The second-order valence-corrected chi connectivity index (χ2v) is 5.68. The Morgan fingerprint density at radius 3 is 2.61 bits per heavy atom. The Labute approximate surface area is 139 Å². The molecular weight excluding hydrogens is 308 g/mol. The summed E-state index contributed by atoms with van der Waals surface area (Å²) < 4.78 is 6.89. The summed E-state index contributed by atoms with van der Waals surface area (Å²) in [5.74, 6) is 1.60. The van der Waals surface area contributed by atoms with Gasteiger partial charge in [-0.15, -0.1) is 5.10 Å². The van der Waals surface area contributed by atoms with Crippen molar-refractivity contribution in [1.29, 1.82) is 0 Å². The highest BCUT2D eigenvalue weighted by Gasteiger charge is 2.08. The minimum absolute atomic E-state index is 0.757. The number of rotatable bonds is 6. The number of aromatic nitrogens is 4. The van der Waals surface area contributed by atoms with Gasteiger partial charge in [0.1, 0.15) is 5.75 Å². The fourth-order valence-corrected chi connectivity index (χ4v) is 2.73. The molecule has 6 heteroatoms. The summed E-state index contributed by atoms with van der Waals surface area (Å²) in [4.78, 5) is 0. The molecule has 2 aromatic carbocycles. The number of tetrazole rings is 1. The fraction of sp³-hybridized carbons (Fsp3) is 0.118. The summed E-state index contributed by atoms with van der Waals surface area (Å²) in [6.07, 6.45) is 4.20. The monoisotopic (exact) mass is 324 g/mol. The van der Waals surface area contributed by atoms with Gasteiger partial charge in [-0.25, -0.2) is 0 Å². The molecule has 0 bridgehead atoms. The van der Waals surface area contributed by atoms with Gasteiger partial charge in [-0.05, 0) is 40.3 Å². The molecule has 0 saturated heterocycles. The van der Waals surface area contributed by atoms with Crippen LogP contribution in [0.15, 0.2) is 65.8 Å². The van der Waals surface area contributed by atoms with Gasteiger partial charge < -0.3 is 4.74 Å². The predicted molar refractivity (Wildman–Crippen MR) is 91.9 cm³/mol. The lowest BCUT2D eigenvalue weighted by Crippen LogP contribution is -1.99. The van der Waals surface area contributed by atoms with Crippen LogP contribution in [-0.4, -0.2) is 33.1 Å². The van der Waals surface area contributed by atoms with Gasteiger partial charge in [0.05, 0.1) is 12.8 Å². The van der Waals surface area contributed by atoms with Crippen LogP contribution in [0.4, 0.5) is 0 Å². The molecule has 0 aliphatic carbocycles. The Balaban J connectivity index is 1.65. The summed E-state index contributed by atoms with van der Waals surface area (Å²) in [5.41, 5.74) is 2.09. The summed E-state index contributed by atoms with van der Waals surface area (Å²) >= 11 is 1.59. The van der Waals surface area contributed by atoms with Crippen LogP contribution in [0.25, 0.3) is 11.8 Å². The smallest absolute Gasteiger partial charge is 0.214 e. The largest absolute Gasteiger partial charge is 0.497 e. The fourth-order valence-electron chi connectivity index (χ4n) is 2.03. The maximum atomic E-state index is 5.16. The highest BCUT2D eigenvalue weighted by atomic mass is 32.2. The van der Waals surface area contributed by atoms with E-state index >= 15 is 0 Å². The molecule has 0 saturated carbocycles. The van der Waals surface area contributed by atoms with E-state index in [9.17, 15) is 0 Å². The van der Waals surface area contributed by atoms with E-state index in [1.54, 1.807) is 23.6 Å². The van der Waals surface area contributed by atoms with Crippen LogP contribution in [0.3, 0.4) is 0 Å². The van der Waals surface area contributed by atoms with E-state index < -0.39 is 0 Å². The number of hydrogen-bond acceptors (Lipinski definition) is 5. The maximum absolute atomic E-state index is 5.16. The van der Waals surface area contributed by atoms with Crippen LogP contribution in [-0.2, 0) is 0 Å². The predicted octanol–water partition coefficient (Wildman–Crippen LogP) is 3.48. The van der Waals surface area contributed by atoms with Crippen molar-refractivity contribution in [3.63, 3.8) is 0 Å². The van der Waals surface area contributed by atoms with Crippen LogP contribution < -0.4 is 4.74 Å². The van der Waals surface area contributed by atoms with Crippen molar-refractivity contribution < 1.29 is 4.74 Å². The van der Waals surface area contributed by atoms with Gasteiger partial charge in [0.15, 0.2) is 0 Å². The summed E-state index contributed by atoms with van der Waals surface area (Å²) in [7, 11) is 1.65. The number of ether oxygens (including phenoxy) is 1. The molecule has 0 atom stereocenters.